The molecular formula is C11H21NO. The predicted octanol–water partition coefficient (Wildman–Crippen LogP) is 2.13. The first-order valence-corrected chi connectivity index (χ1v) is 5.52. The molecule has 0 aromatic heterocycles. The molecule has 0 spiro atoms. The van der Waals surface area contributed by atoms with E-state index in [9.17, 15) is 4.79 Å². The predicted molar refractivity (Wildman–Crippen MR) is 54.7 cm³/mol. The molecule has 2 unspecified atom stereocenters. The van der Waals surface area contributed by atoms with Crippen LogP contribution in [0, 0.1) is 5.92 Å². The van der Waals surface area contributed by atoms with Crippen LogP contribution in [0.1, 0.15) is 46.0 Å². The highest BCUT2D eigenvalue weighted by molar-refractivity contribution is 5.85. The summed E-state index contributed by atoms with van der Waals surface area (Å²) in [6.45, 7) is 5.14. The Balaban J connectivity index is 2.43. The number of Topliss-reactive ketones (excluding diaryl/α,β-unsaturated/α-hetero) is 1. The molecule has 0 amide bonds. The zero-order chi connectivity index (χ0) is 9.68. The van der Waals surface area contributed by atoms with Crippen molar-refractivity contribution in [2.45, 2.75) is 52.0 Å². The minimum Gasteiger partial charge on any atom is -0.307 e. The molecular weight excluding hydrogens is 162 g/mol. The summed E-state index contributed by atoms with van der Waals surface area (Å²) in [5.41, 5.74) is 0. The van der Waals surface area contributed by atoms with E-state index in [4.69, 9.17) is 0 Å². The van der Waals surface area contributed by atoms with Gasteiger partial charge in [-0.05, 0) is 25.8 Å². The fourth-order valence-electron chi connectivity index (χ4n) is 1.82. The summed E-state index contributed by atoms with van der Waals surface area (Å²) in [6.07, 6.45) is 5.72. The molecule has 2 nitrogen and oxygen atoms in total. The Labute approximate surface area is 81.1 Å². The molecule has 1 fully saturated rings. The van der Waals surface area contributed by atoms with Gasteiger partial charge < -0.3 is 5.32 Å². The van der Waals surface area contributed by atoms with Crippen LogP contribution >= 0.6 is 0 Å². The molecule has 0 aliphatic carbocycles. The minimum absolute atomic E-state index is 0.150. The van der Waals surface area contributed by atoms with Crippen LogP contribution in [-0.4, -0.2) is 18.4 Å². The Morgan fingerprint density at radius 3 is 2.92 bits per heavy atom. The van der Waals surface area contributed by atoms with Gasteiger partial charge in [0.15, 0.2) is 5.78 Å². The molecule has 1 aliphatic rings. The number of carbonyl (C=O) groups excluding carboxylic acids is 1. The van der Waals surface area contributed by atoms with Crippen LogP contribution in [0.2, 0.25) is 0 Å². The largest absolute Gasteiger partial charge is 0.307 e. The van der Waals surface area contributed by atoms with E-state index in [2.05, 4.69) is 12.2 Å². The molecule has 0 bridgehead atoms. The number of hydrogen-bond acceptors (Lipinski definition) is 2. The lowest BCUT2D eigenvalue weighted by atomic mass is 9.95. The van der Waals surface area contributed by atoms with Crippen molar-refractivity contribution < 1.29 is 4.79 Å². The lowest BCUT2D eigenvalue weighted by Gasteiger charge is -2.17. The van der Waals surface area contributed by atoms with Gasteiger partial charge in [-0.2, -0.15) is 0 Å². The monoisotopic (exact) mass is 183 g/mol. The Bertz CT molecular complexity index is 159. The van der Waals surface area contributed by atoms with Crippen molar-refractivity contribution in [2.75, 3.05) is 6.54 Å². The molecule has 0 aromatic carbocycles. The van der Waals surface area contributed by atoms with Crippen LogP contribution in [0.25, 0.3) is 0 Å². The third-order valence-corrected chi connectivity index (χ3v) is 3.00. The first kappa shape index (κ1) is 10.7. The molecule has 2 heteroatoms. The summed E-state index contributed by atoms with van der Waals surface area (Å²) in [5.74, 6) is 0.653. The van der Waals surface area contributed by atoms with E-state index in [1.807, 2.05) is 6.92 Å². The van der Waals surface area contributed by atoms with Crippen LogP contribution in [0.5, 0.6) is 0 Å². The first-order valence-electron chi connectivity index (χ1n) is 5.52. The van der Waals surface area contributed by atoms with E-state index in [1.54, 1.807) is 0 Å². The number of hydrogen-bond donors (Lipinski definition) is 1. The quantitative estimate of drug-likeness (QED) is 0.726. The van der Waals surface area contributed by atoms with Gasteiger partial charge in [-0.3, -0.25) is 4.79 Å². The third kappa shape index (κ3) is 3.11. The SMILES string of the molecule is CCC(C)C(=O)C1CCCCCN1. The molecule has 76 valence electrons. The van der Waals surface area contributed by atoms with Crippen molar-refractivity contribution in [2.24, 2.45) is 5.92 Å². The van der Waals surface area contributed by atoms with Gasteiger partial charge in [0.2, 0.25) is 0 Å². The molecule has 1 heterocycles. The molecule has 0 radical (unpaired) electrons. The highest BCUT2D eigenvalue weighted by Gasteiger charge is 2.22. The summed E-state index contributed by atoms with van der Waals surface area (Å²) in [4.78, 5) is 11.8. The highest BCUT2D eigenvalue weighted by Crippen LogP contribution is 2.14. The van der Waals surface area contributed by atoms with E-state index >= 15 is 0 Å². The molecule has 2 atom stereocenters. The van der Waals surface area contributed by atoms with E-state index < -0.39 is 0 Å². The molecule has 0 aromatic rings. The van der Waals surface area contributed by atoms with Gasteiger partial charge in [-0.15, -0.1) is 0 Å². The van der Waals surface area contributed by atoms with Crippen molar-refractivity contribution in [1.29, 1.82) is 0 Å². The first-order chi connectivity index (χ1) is 6.25. The fraction of sp³-hybridized carbons (Fsp3) is 0.909. The van der Waals surface area contributed by atoms with Crippen LogP contribution in [0.15, 0.2) is 0 Å². The van der Waals surface area contributed by atoms with Gasteiger partial charge in [0.25, 0.3) is 0 Å². The number of rotatable bonds is 3. The number of nitrogens with one attached hydrogen (secondary N) is 1. The topological polar surface area (TPSA) is 29.1 Å². The van der Waals surface area contributed by atoms with Crippen molar-refractivity contribution in [3.63, 3.8) is 0 Å². The van der Waals surface area contributed by atoms with E-state index in [0.717, 1.165) is 19.4 Å². The van der Waals surface area contributed by atoms with Gasteiger partial charge in [0.05, 0.1) is 6.04 Å². The van der Waals surface area contributed by atoms with Crippen LogP contribution in [-0.2, 0) is 4.79 Å². The van der Waals surface area contributed by atoms with Gasteiger partial charge >= 0.3 is 0 Å². The zero-order valence-electron chi connectivity index (χ0n) is 8.81. The summed E-state index contributed by atoms with van der Waals surface area (Å²) in [5, 5.41) is 3.35. The Kier molecular flexibility index (Phi) is 4.43. The lowest BCUT2D eigenvalue weighted by Crippen LogP contribution is -2.38. The van der Waals surface area contributed by atoms with Gasteiger partial charge in [0, 0.05) is 5.92 Å². The van der Waals surface area contributed by atoms with Crippen molar-refractivity contribution in [1.82, 2.24) is 5.32 Å². The molecule has 0 saturated carbocycles. The summed E-state index contributed by atoms with van der Waals surface area (Å²) in [6, 6.07) is 0.150. The highest BCUT2D eigenvalue weighted by atomic mass is 16.1. The Morgan fingerprint density at radius 1 is 1.46 bits per heavy atom. The summed E-state index contributed by atoms with van der Waals surface area (Å²) in [7, 11) is 0. The van der Waals surface area contributed by atoms with Crippen molar-refractivity contribution in [3.8, 4) is 0 Å². The van der Waals surface area contributed by atoms with Gasteiger partial charge in [-0.1, -0.05) is 26.7 Å². The maximum absolute atomic E-state index is 11.8. The average molecular weight is 183 g/mol. The van der Waals surface area contributed by atoms with Crippen molar-refractivity contribution >= 4 is 5.78 Å². The second-order valence-electron chi connectivity index (χ2n) is 4.07. The van der Waals surface area contributed by atoms with Crippen molar-refractivity contribution in [3.05, 3.63) is 0 Å². The second kappa shape index (κ2) is 5.38. The Morgan fingerprint density at radius 2 is 2.23 bits per heavy atom. The Hall–Kier alpha value is -0.370. The average Bonchev–Trinajstić information content (AvgIpc) is 2.43. The molecule has 1 rings (SSSR count). The van der Waals surface area contributed by atoms with Crippen LogP contribution in [0.4, 0.5) is 0 Å². The standard InChI is InChI=1S/C11H21NO/c1-3-9(2)11(13)10-7-5-4-6-8-12-10/h9-10,12H,3-8H2,1-2H3. The summed E-state index contributed by atoms with van der Waals surface area (Å²) >= 11 is 0. The van der Waals surface area contributed by atoms with Gasteiger partial charge in [-0.25, -0.2) is 0 Å². The number of ketones is 1. The lowest BCUT2D eigenvalue weighted by molar-refractivity contribution is -0.124. The molecule has 1 aliphatic heterocycles. The second-order valence-corrected chi connectivity index (χ2v) is 4.07. The molecule has 13 heavy (non-hydrogen) atoms. The number of carbonyl (C=O) groups is 1. The fourth-order valence-corrected chi connectivity index (χ4v) is 1.82. The maximum atomic E-state index is 11.8. The van der Waals surface area contributed by atoms with Gasteiger partial charge in [0.1, 0.15) is 0 Å². The zero-order valence-corrected chi connectivity index (χ0v) is 8.81. The van der Waals surface area contributed by atoms with Crippen LogP contribution in [0.3, 0.4) is 0 Å². The normalized spacial score (nSPS) is 26.5. The van der Waals surface area contributed by atoms with E-state index in [-0.39, 0.29) is 12.0 Å². The minimum atomic E-state index is 0.150. The molecule has 1 saturated heterocycles. The third-order valence-electron chi connectivity index (χ3n) is 3.00. The van der Waals surface area contributed by atoms with E-state index in [0.29, 0.717) is 5.78 Å². The molecule has 1 N–H and O–H groups in total. The summed E-state index contributed by atoms with van der Waals surface area (Å²) < 4.78 is 0. The smallest absolute Gasteiger partial charge is 0.152 e. The van der Waals surface area contributed by atoms with E-state index in [1.165, 1.54) is 19.3 Å². The maximum Gasteiger partial charge on any atom is 0.152 e. The van der Waals surface area contributed by atoms with Crippen LogP contribution < -0.4 is 5.32 Å².